The summed E-state index contributed by atoms with van der Waals surface area (Å²) in [6, 6.07) is 40.2. The molecule has 1 heterocycles. The van der Waals surface area contributed by atoms with Gasteiger partial charge in [0.15, 0.2) is 11.6 Å². The predicted octanol–water partition coefficient (Wildman–Crippen LogP) is 25.8. The molecule has 6 aromatic carbocycles. The van der Waals surface area contributed by atoms with Gasteiger partial charge in [-0.05, 0) is 203 Å². The molecule has 0 aromatic heterocycles. The second-order valence-electron chi connectivity index (χ2n) is 36.8. The van der Waals surface area contributed by atoms with Crippen molar-refractivity contribution >= 4 is 77.1 Å². The van der Waals surface area contributed by atoms with Gasteiger partial charge in [-0.1, -0.05) is 238 Å². The quantitative estimate of drug-likeness (QED) is 0.0548. The summed E-state index contributed by atoms with van der Waals surface area (Å²) in [7, 11) is -9.44. The third-order valence-electron chi connectivity index (χ3n) is 23.5. The van der Waals surface area contributed by atoms with Crippen LogP contribution in [-0.4, -0.2) is 77.2 Å². The van der Waals surface area contributed by atoms with Crippen LogP contribution in [0.15, 0.2) is 150 Å². The molecule has 4 atom stereocenters. The summed E-state index contributed by atoms with van der Waals surface area (Å²) in [6.07, 6.45) is 12.4. The van der Waals surface area contributed by atoms with Gasteiger partial charge in [0.2, 0.25) is 0 Å². The Morgan fingerprint density at radius 1 is 0.472 bits per heavy atom. The average Bonchev–Trinajstić information content (AvgIpc) is 1.56. The van der Waals surface area contributed by atoms with Crippen molar-refractivity contribution in [1.29, 1.82) is 0 Å². The third-order valence-corrected chi connectivity index (χ3v) is 45.4. The molecule has 6 aromatic rings. The molecule has 6 aliphatic rings. The highest BCUT2D eigenvalue weighted by Crippen LogP contribution is 2.56. The minimum Gasteiger partial charge on any atom is -0.543 e. The number of allylic oxidation sites excluding steroid dienone is 3. The van der Waals surface area contributed by atoms with Gasteiger partial charge >= 0.3 is 5.97 Å². The minimum absolute atomic E-state index is 0. The van der Waals surface area contributed by atoms with Crippen molar-refractivity contribution < 1.29 is 46.7 Å². The molecule has 0 spiro atoms. The summed E-state index contributed by atoms with van der Waals surface area (Å²) in [5.74, 6) is 4.77. The number of carbonyl (C=O) groups is 3. The van der Waals surface area contributed by atoms with Crippen LogP contribution in [0, 0.1) is 11.8 Å². The Kier molecular flexibility index (Phi) is 28.5. The van der Waals surface area contributed by atoms with Gasteiger partial charge in [-0.25, -0.2) is 4.79 Å². The van der Waals surface area contributed by atoms with E-state index in [4.69, 9.17) is 27.2 Å². The maximum Gasteiger partial charge on any atom is 0.338 e. The average molecular weight is 1530 g/mol. The van der Waals surface area contributed by atoms with E-state index in [0.29, 0.717) is 28.0 Å². The van der Waals surface area contributed by atoms with Crippen LogP contribution >= 0.6 is 0 Å². The van der Waals surface area contributed by atoms with Crippen LogP contribution in [0.25, 0.3) is 18.2 Å². The second-order valence-corrected chi connectivity index (χ2v) is 60.5. The Morgan fingerprint density at radius 2 is 0.830 bits per heavy atom. The molecule has 1 fully saturated rings. The smallest absolute Gasteiger partial charge is 0.338 e. The first-order valence-corrected chi connectivity index (χ1v) is 52.9. The van der Waals surface area contributed by atoms with Gasteiger partial charge in [-0.2, -0.15) is 0 Å². The number of fused-ring (bicyclic) bond motifs is 5. The van der Waals surface area contributed by atoms with Crippen LogP contribution in [0.5, 0.6) is 34.5 Å². The lowest BCUT2D eigenvalue weighted by Crippen LogP contribution is -2.44. The first kappa shape index (κ1) is 88.0. The number of hydrogen-bond acceptors (Lipinski definition) is 10. The normalized spacial score (nSPS) is 17.9. The van der Waals surface area contributed by atoms with E-state index in [2.05, 4.69) is 255 Å². The number of para-hydroxylation sites is 1. The highest BCUT2D eigenvalue weighted by Gasteiger charge is 2.50. The lowest BCUT2D eigenvalue weighted by atomic mass is 10.1. The fraction of sp³-hybridized carbons (Fsp3) is 0.484. The van der Waals surface area contributed by atoms with Crippen molar-refractivity contribution in [3.8, 4) is 34.5 Å². The van der Waals surface area contributed by atoms with E-state index in [9.17, 15) is 19.5 Å². The van der Waals surface area contributed by atoms with Crippen molar-refractivity contribution in [2.45, 2.75) is 261 Å². The molecule has 0 saturated carbocycles. The van der Waals surface area contributed by atoms with Crippen LogP contribution < -0.4 is 22.4 Å². The van der Waals surface area contributed by atoms with Gasteiger partial charge in [-0.15, -0.1) is 0 Å². The summed E-state index contributed by atoms with van der Waals surface area (Å²) >= 11 is 0. The standard InChI is InChI=1S/C34H52O2Si3.C16H24O2Si.C16H24OSi.2C10H10O2.C4H8O.CH4/c1-23-21-27-25(17-15-19-29(27)35-38(11,12)33(3,4)5)31(23)37(9,10)32-24(2)22-28-26(32)18-16-20-30(28)36-39(13,14)34(6,7)8;1-11-10-12-8-7-9-13(14(12)15(11)17)18-19(5,6)16(2,3)4;1-12-10-13-8-7-9-15(14(13)11-12)17-18(5,6)16(2,3)4;1-6-5-7-3-2-4-8(11)9(7)10(6)12;1-8(2)10(11)12-9-6-4-3-5-7-9;1-2-4-5-3-1;/h15-22,31-32H,1-14H3;7-9,11H,10H2,1-6H3;7-9,11H,10H2,1-6H3;2-4,6,11H,5H2,1H3;3-7H,1H2,2H3;1-4H2;1H4. The molecule has 4 unspecified atom stereocenters. The number of carbonyl (C=O) groups excluding carboxylic acids is 3. The van der Waals surface area contributed by atoms with Crippen molar-refractivity contribution in [3.05, 3.63) is 206 Å². The fourth-order valence-corrected chi connectivity index (χ4v) is 22.4. The van der Waals surface area contributed by atoms with Crippen LogP contribution in [0.2, 0.25) is 85.6 Å². The van der Waals surface area contributed by atoms with Gasteiger partial charge in [0.05, 0.1) is 19.2 Å². The number of phenols is 1. The maximum absolute atomic E-state index is 12.3. The summed E-state index contributed by atoms with van der Waals surface area (Å²) in [5.41, 5.74) is 17.5. The van der Waals surface area contributed by atoms with E-state index in [-0.39, 0.29) is 62.7 Å². The van der Waals surface area contributed by atoms with Crippen LogP contribution in [0.4, 0.5) is 0 Å². The molecule has 5 aliphatic carbocycles. The van der Waals surface area contributed by atoms with Gasteiger partial charge in [-0.3, -0.25) is 9.59 Å². The first-order valence-electron chi connectivity index (χ1n) is 38.1. The lowest BCUT2D eigenvalue weighted by molar-refractivity contribution is -0.130. The maximum atomic E-state index is 12.3. The van der Waals surface area contributed by atoms with E-state index in [1.807, 2.05) is 38.1 Å². The molecule has 10 nitrogen and oxygen atoms in total. The Hall–Kier alpha value is -6.87. The molecule has 106 heavy (non-hydrogen) atoms. The molecule has 0 amide bonds. The van der Waals surface area contributed by atoms with Crippen molar-refractivity contribution in [1.82, 2.24) is 0 Å². The SMILES string of the molecule is C.C1CCOC1.C=C(C)C(=O)Oc1ccccc1.CC1=Cc2c(O[Si](C)(C)C(C)(C)C)cccc2C1[Si](C)(C)C1C(C)=Cc2c(O[Si](C)(C)C(C)(C)C)cccc21.CC1=Cc2c(cccc2O[Si](C)(C)C(C)(C)C)C1.CC1Cc2cccc(O)c2C1=O.CC1Cc2cccc(O[Si](C)(C)C(C)(C)C)c2C1=O. The lowest BCUT2D eigenvalue weighted by Gasteiger charge is -2.40. The fourth-order valence-electron chi connectivity index (χ4n) is 13.4. The number of rotatable bonds is 12. The molecule has 576 valence electrons. The Balaban J connectivity index is 0.000000220. The van der Waals surface area contributed by atoms with Gasteiger partial charge in [0.1, 0.15) is 34.5 Å². The zero-order valence-corrected chi connectivity index (χ0v) is 74.4. The number of aromatic hydroxyl groups is 1. The molecule has 15 heteroatoms. The highest BCUT2D eigenvalue weighted by molar-refractivity contribution is 6.82. The Labute approximate surface area is 645 Å². The van der Waals surface area contributed by atoms with E-state index >= 15 is 0 Å². The zero-order chi connectivity index (χ0) is 78.5. The summed E-state index contributed by atoms with van der Waals surface area (Å²) in [6.45, 7) is 68.9. The van der Waals surface area contributed by atoms with E-state index < -0.39 is 41.3 Å². The number of Topliss-reactive ketones (excluding diaryl/α,β-unsaturated/α-hetero) is 2. The number of ether oxygens (including phenoxy) is 2. The largest absolute Gasteiger partial charge is 0.543 e. The van der Waals surface area contributed by atoms with E-state index in [1.54, 1.807) is 43.3 Å². The molecular formula is C91H132O10Si5. The predicted molar refractivity (Wildman–Crippen MR) is 461 cm³/mol. The van der Waals surface area contributed by atoms with Gasteiger partial charge < -0.3 is 32.3 Å². The van der Waals surface area contributed by atoms with Crippen molar-refractivity contribution in [3.63, 3.8) is 0 Å². The highest BCUT2D eigenvalue weighted by atomic mass is 28.4. The number of benzene rings is 6. The molecule has 1 saturated heterocycles. The van der Waals surface area contributed by atoms with Crippen LogP contribution in [-0.2, 0) is 28.8 Å². The molecule has 1 aliphatic heterocycles. The summed E-state index contributed by atoms with van der Waals surface area (Å²) < 4.78 is 36.5. The molecule has 0 radical (unpaired) electrons. The third kappa shape index (κ3) is 20.7. The van der Waals surface area contributed by atoms with Crippen molar-refractivity contribution in [2.24, 2.45) is 11.8 Å². The van der Waals surface area contributed by atoms with Crippen molar-refractivity contribution in [2.75, 3.05) is 13.2 Å². The minimum atomic E-state index is -1.94. The zero-order valence-electron chi connectivity index (χ0n) is 69.4. The van der Waals surface area contributed by atoms with Crippen LogP contribution in [0.1, 0.15) is 221 Å². The number of hydrogen-bond donors (Lipinski definition) is 1. The Bertz CT molecular complexity index is 4100. The molecule has 12 rings (SSSR count). The molecule has 0 bridgehead atoms. The molecule has 1 N–H and O–H groups in total. The van der Waals surface area contributed by atoms with Crippen LogP contribution in [0.3, 0.4) is 0 Å². The molecular weight excluding hydrogens is 1390 g/mol. The second kappa shape index (κ2) is 34.4. The monoisotopic (exact) mass is 1520 g/mol. The van der Waals surface area contributed by atoms with Gasteiger partial charge in [0.25, 0.3) is 33.3 Å². The summed E-state index contributed by atoms with van der Waals surface area (Å²) in [4.78, 5) is 34.7. The number of esters is 1. The Morgan fingerprint density at radius 3 is 1.22 bits per heavy atom. The topological polar surface area (TPSA) is 127 Å². The van der Waals surface area contributed by atoms with E-state index in [1.165, 1.54) is 62.9 Å². The number of ketones is 2. The first-order chi connectivity index (χ1) is 48.4. The summed E-state index contributed by atoms with van der Waals surface area (Å²) in [5, 5.41) is 10.1. The number of phenolic OH excluding ortho intramolecular Hbond substituents is 1. The van der Waals surface area contributed by atoms with Gasteiger partial charge in [0, 0.05) is 58.4 Å². The van der Waals surface area contributed by atoms with E-state index in [0.717, 1.165) is 72.2 Å².